The Balaban J connectivity index is 2.88. The zero-order valence-electron chi connectivity index (χ0n) is 8.34. The van der Waals surface area contributed by atoms with Crippen LogP contribution in [0, 0.1) is 0 Å². The van der Waals surface area contributed by atoms with Gasteiger partial charge in [0, 0.05) is 11.1 Å². The molecule has 2 atom stereocenters. The fourth-order valence-corrected chi connectivity index (χ4v) is 1.67. The van der Waals surface area contributed by atoms with Crippen LogP contribution in [0.15, 0.2) is 24.3 Å². The average Bonchev–Trinajstić information content (AvgIpc) is 2.16. The second-order valence-electron chi connectivity index (χ2n) is 3.39. The van der Waals surface area contributed by atoms with Gasteiger partial charge in [-0.05, 0) is 31.5 Å². The number of halogens is 1. The minimum absolute atomic E-state index is 0.443. The Morgan fingerprint density at radius 1 is 1.23 bits per heavy atom. The van der Waals surface area contributed by atoms with E-state index in [-0.39, 0.29) is 0 Å². The van der Waals surface area contributed by atoms with Gasteiger partial charge in [-0.1, -0.05) is 36.7 Å². The lowest BCUT2D eigenvalue weighted by molar-refractivity contribution is 0.524. The molecule has 0 radical (unpaired) electrons. The zero-order valence-corrected chi connectivity index (χ0v) is 9.10. The summed E-state index contributed by atoms with van der Waals surface area (Å²) >= 11 is 6.09. The minimum Gasteiger partial charge on any atom is -0.317 e. The number of nitrogens with one attached hydrogen (secondary N) is 1. The van der Waals surface area contributed by atoms with Crippen LogP contribution in [0.4, 0.5) is 0 Å². The Bertz CT molecular complexity index is 273. The monoisotopic (exact) mass is 197 g/mol. The summed E-state index contributed by atoms with van der Waals surface area (Å²) in [5.41, 5.74) is 1.21. The number of hydrogen-bond donors (Lipinski definition) is 1. The van der Waals surface area contributed by atoms with Crippen molar-refractivity contribution >= 4 is 11.6 Å². The molecule has 0 bridgehead atoms. The zero-order chi connectivity index (χ0) is 9.84. The largest absolute Gasteiger partial charge is 0.317 e. The number of benzene rings is 1. The summed E-state index contributed by atoms with van der Waals surface area (Å²) < 4.78 is 0. The van der Waals surface area contributed by atoms with Crippen LogP contribution < -0.4 is 5.32 Å². The van der Waals surface area contributed by atoms with E-state index in [4.69, 9.17) is 11.6 Å². The highest BCUT2D eigenvalue weighted by Gasteiger charge is 2.14. The summed E-state index contributed by atoms with van der Waals surface area (Å²) in [7, 11) is 1.97. The van der Waals surface area contributed by atoms with E-state index in [1.807, 2.05) is 25.2 Å². The molecule has 0 fully saturated rings. The first-order valence-electron chi connectivity index (χ1n) is 4.58. The standard InChI is InChI=1S/C11H16ClN/c1-8(9(2)13-3)10-6-4-5-7-11(10)12/h4-9,13H,1-3H3. The first-order chi connectivity index (χ1) is 6.16. The van der Waals surface area contributed by atoms with E-state index in [0.717, 1.165) is 5.02 Å². The van der Waals surface area contributed by atoms with Crippen LogP contribution in [0.1, 0.15) is 25.3 Å². The van der Waals surface area contributed by atoms with Crippen molar-refractivity contribution in [2.24, 2.45) is 0 Å². The summed E-state index contributed by atoms with van der Waals surface area (Å²) in [6.07, 6.45) is 0. The summed E-state index contributed by atoms with van der Waals surface area (Å²) in [5, 5.41) is 4.09. The lowest BCUT2D eigenvalue weighted by Crippen LogP contribution is -2.27. The van der Waals surface area contributed by atoms with Gasteiger partial charge in [0.25, 0.3) is 0 Å². The third-order valence-corrected chi connectivity index (χ3v) is 2.95. The van der Waals surface area contributed by atoms with Crippen LogP contribution in [0.5, 0.6) is 0 Å². The van der Waals surface area contributed by atoms with Crippen molar-refractivity contribution in [3.8, 4) is 0 Å². The first-order valence-corrected chi connectivity index (χ1v) is 4.96. The van der Waals surface area contributed by atoms with Crippen molar-refractivity contribution in [1.29, 1.82) is 0 Å². The maximum atomic E-state index is 6.09. The number of hydrogen-bond acceptors (Lipinski definition) is 1. The van der Waals surface area contributed by atoms with E-state index in [9.17, 15) is 0 Å². The fourth-order valence-electron chi connectivity index (χ4n) is 1.36. The van der Waals surface area contributed by atoms with Gasteiger partial charge in [-0.3, -0.25) is 0 Å². The van der Waals surface area contributed by atoms with Crippen molar-refractivity contribution in [2.45, 2.75) is 25.8 Å². The average molecular weight is 198 g/mol. The normalized spacial score (nSPS) is 15.4. The predicted molar refractivity (Wildman–Crippen MR) is 58.4 cm³/mol. The SMILES string of the molecule is CNC(C)C(C)c1ccccc1Cl. The molecule has 1 rings (SSSR count). The molecule has 1 aromatic rings. The van der Waals surface area contributed by atoms with Crippen molar-refractivity contribution in [3.05, 3.63) is 34.9 Å². The summed E-state index contributed by atoms with van der Waals surface area (Å²) in [4.78, 5) is 0. The third kappa shape index (κ3) is 2.45. The van der Waals surface area contributed by atoms with E-state index < -0.39 is 0 Å². The van der Waals surface area contributed by atoms with Gasteiger partial charge in [-0.25, -0.2) is 0 Å². The van der Waals surface area contributed by atoms with E-state index >= 15 is 0 Å². The topological polar surface area (TPSA) is 12.0 Å². The van der Waals surface area contributed by atoms with Gasteiger partial charge in [0.15, 0.2) is 0 Å². The van der Waals surface area contributed by atoms with Crippen LogP contribution in [0.3, 0.4) is 0 Å². The van der Waals surface area contributed by atoms with E-state index in [1.165, 1.54) is 5.56 Å². The first kappa shape index (κ1) is 10.6. The lowest BCUT2D eigenvalue weighted by atomic mass is 9.94. The Morgan fingerprint density at radius 3 is 2.38 bits per heavy atom. The third-order valence-electron chi connectivity index (χ3n) is 2.60. The van der Waals surface area contributed by atoms with Crippen LogP contribution >= 0.6 is 11.6 Å². The van der Waals surface area contributed by atoms with Crippen molar-refractivity contribution in [2.75, 3.05) is 7.05 Å². The minimum atomic E-state index is 0.443. The molecule has 0 saturated carbocycles. The summed E-state index contributed by atoms with van der Waals surface area (Å²) in [5.74, 6) is 0.443. The molecule has 0 amide bonds. The summed E-state index contributed by atoms with van der Waals surface area (Å²) in [6, 6.07) is 8.46. The highest BCUT2D eigenvalue weighted by molar-refractivity contribution is 6.31. The second-order valence-corrected chi connectivity index (χ2v) is 3.79. The molecule has 0 spiro atoms. The highest BCUT2D eigenvalue weighted by Crippen LogP contribution is 2.26. The molecule has 0 aromatic heterocycles. The van der Waals surface area contributed by atoms with E-state index in [1.54, 1.807) is 0 Å². The molecule has 1 N–H and O–H groups in total. The van der Waals surface area contributed by atoms with E-state index in [2.05, 4.69) is 25.2 Å². The molecule has 13 heavy (non-hydrogen) atoms. The van der Waals surface area contributed by atoms with E-state index in [0.29, 0.717) is 12.0 Å². The van der Waals surface area contributed by atoms with Gasteiger partial charge < -0.3 is 5.32 Å². The Kier molecular flexibility index (Phi) is 3.76. The predicted octanol–water partition coefficient (Wildman–Crippen LogP) is 3.05. The second kappa shape index (κ2) is 4.64. The van der Waals surface area contributed by atoms with Crippen LogP contribution in [-0.4, -0.2) is 13.1 Å². The molecular weight excluding hydrogens is 182 g/mol. The highest BCUT2D eigenvalue weighted by atomic mass is 35.5. The van der Waals surface area contributed by atoms with Gasteiger partial charge in [0.05, 0.1) is 0 Å². The molecule has 72 valence electrons. The maximum Gasteiger partial charge on any atom is 0.0441 e. The van der Waals surface area contributed by atoms with Gasteiger partial charge in [-0.15, -0.1) is 0 Å². The molecule has 0 aliphatic heterocycles. The molecule has 2 heteroatoms. The summed E-state index contributed by atoms with van der Waals surface area (Å²) in [6.45, 7) is 4.34. The lowest BCUT2D eigenvalue weighted by Gasteiger charge is -2.20. The Morgan fingerprint density at radius 2 is 1.85 bits per heavy atom. The van der Waals surface area contributed by atoms with Gasteiger partial charge in [-0.2, -0.15) is 0 Å². The smallest absolute Gasteiger partial charge is 0.0441 e. The van der Waals surface area contributed by atoms with Crippen LogP contribution in [0.25, 0.3) is 0 Å². The molecule has 1 aromatic carbocycles. The number of likely N-dealkylation sites (N-methyl/N-ethyl adjacent to an activating group) is 1. The van der Waals surface area contributed by atoms with Gasteiger partial charge >= 0.3 is 0 Å². The van der Waals surface area contributed by atoms with Crippen molar-refractivity contribution in [1.82, 2.24) is 5.32 Å². The quantitative estimate of drug-likeness (QED) is 0.786. The Labute approximate surface area is 85.1 Å². The molecule has 0 aliphatic carbocycles. The molecule has 0 heterocycles. The maximum absolute atomic E-state index is 6.09. The van der Waals surface area contributed by atoms with Crippen LogP contribution in [-0.2, 0) is 0 Å². The fraction of sp³-hybridized carbons (Fsp3) is 0.455. The molecule has 1 nitrogen and oxygen atoms in total. The molecule has 2 unspecified atom stereocenters. The van der Waals surface area contributed by atoms with Crippen LogP contribution in [0.2, 0.25) is 5.02 Å². The molecule has 0 saturated heterocycles. The number of rotatable bonds is 3. The van der Waals surface area contributed by atoms with Crippen molar-refractivity contribution < 1.29 is 0 Å². The van der Waals surface area contributed by atoms with Crippen molar-refractivity contribution in [3.63, 3.8) is 0 Å². The van der Waals surface area contributed by atoms with Gasteiger partial charge in [0.1, 0.15) is 0 Å². The van der Waals surface area contributed by atoms with Gasteiger partial charge in [0.2, 0.25) is 0 Å². The molecule has 0 aliphatic rings. The Hall–Kier alpha value is -0.530. The molecular formula is C11H16ClN.